The summed E-state index contributed by atoms with van der Waals surface area (Å²) in [7, 11) is 1.63. The second-order valence-corrected chi connectivity index (χ2v) is 6.51. The molecule has 0 unspecified atom stereocenters. The van der Waals surface area contributed by atoms with Crippen molar-refractivity contribution in [3.05, 3.63) is 77.1 Å². The Morgan fingerprint density at radius 3 is 2.37 bits per heavy atom. The van der Waals surface area contributed by atoms with Crippen LogP contribution in [-0.2, 0) is 0 Å². The summed E-state index contributed by atoms with van der Waals surface area (Å²) in [6.07, 6.45) is 1.62. The average molecular weight is 361 g/mol. The SMILES string of the molecule is COc1cccc(Nc2ccnc(C(=O)Nc3c(C)cc(C)cc3C)c2)c1. The molecule has 3 rings (SSSR count). The Bertz CT molecular complexity index is 960. The average Bonchev–Trinajstić information content (AvgIpc) is 2.65. The summed E-state index contributed by atoms with van der Waals surface area (Å²) < 4.78 is 5.24. The third-order valence-corrected chi connectivity index (χ3v) is 4.27. The van der Waals surface area contributed by atoms with Crippen molar-refractivity contribution in [1.82, 2.24) is 4.98 Å². The minimum atomic E-state index is -0.237. The highest BCUT2D eigenvalue weighted by Gasteiger charge is 2.12. The van der Waals surface area contributed by atoms with Gasteiger partial charge in [-0.25, -0.2) is 0 Å². The first-order valence-electron chi connectivity index (χ1n) is 8.72. The third-order valence-electron chi connectivity index (χ3n) is 4.27. The van der Waals surface area contributed by atoms with Crippen LogP contribution in [0.3, 0.4) is 0 Å². The number of carbonyl (C=O) groups excluding carboxylic acids is 1. The fourth-order valence-electron chi connectivity index (χ4n) is 3.05. The van der Waals surface area contributed by atoms with Crippen molar-refractivity contribution >= 4 is 23.0 Å². The first-order chi connectivity index (χ1) is 13.0. The normalized spacial score (nSPS) is 10.4. The summed E-state index contributed by atoms with van der Waals surface area (Å²) in [6.45, 7) is 6.02. The summed E-state index contributed by atoms with van der Waals surface area (Å²) in [5.41, 5.74) is 6.07. The lowest BCUT2D eigenvalue weighted by Gasteiger charge is -2.13. The van der Waals surface area contributed by atoms with Crippen LogP contribution in [0.5, 0.6) is 5.75 Å². The molecule has 0 aliphatic heterocycles. The standard InChI is InChI=1S/C22H23N3O2/c1-14-10-15(2)21(16(3)11-14)25-22(26)20-13-18(8-9-23-20)24-17-6-5-7-19(12-17)27-4/h5-13H,1-4H3,(H,23,24)(H,25,26). The molecule has 0 aliphatic carbocycles. The third kappa shape index (κ3) is 4.44. The molecule has 0 bridgehead atoms. The van der Waals surface area contributed by atoms with Gasteiger partial charge in [-0.3, -0.25) is 9.78 Å². The van der Waals surface area contributed by atoms with E-state index in [0.29, 0.717) is 5.69 Å². The van der Waals surface area contributed by atoms with Gasteiger partial charge in [0.2, 0.25) is 0 Å². The van der Waals surface area contributed by atoms with Gasteiger partial charge in [-0.05, 0) is 56.2 Å². The van der Waals surface area contributed by atoms with Crippen LogP contribution in [0, 0.1) is 20.8 Å². The molecule has 2 N–H and O–H groups in total. The Kier molecular flexibility index (Phi) is 5.41. The zero-order chi connectivity index (χ0) is 19.4. The number of ether oxygens (including phenoxy) is 1. The summed E-state index contributed by atoms with van der Waals surface area (Å²) in [6, 6.07) is 15.3. The summed E-state index contributed by atoms with van der Waals surface area (Å²) in [4.78, 5) is 16.9. The van der Waals surface area contributed by atoms with Crippen molar-refractivity contribution in [2.45, 2.75) is 20.8 Å². The maximum Gasteiger partial charge on any atom is 0.274 e. The van der Waals surface area contributed by atoms with E-state index in [-0.39, 0.29) is 5.91 Å². The quantitative estimate of drug-likeness (QED) is 0.670. The minimum Gasteiger partial charge on any atom is -0.497 e. The number of nitrogens with one attached hydrogen (secondary N) is 2. The van der Waals surface area contributed by atoms with E-state index in [4.69, 9.17) is 4.74 Å². The number of aryl methyl sites for hydroxylation is 3. The van der Waals surface area contributed by atoms with Crippen LogP contribution < -0.4 is 15.4 Å². The fourth-order valence-corrected chi connectivity index (χ4v) is 3.05. The highest BCUT2D eigenvalue weighted by molar-refractivity contribution is 6.04. The molecule has 0 saturated carbocycles. The van der Waals surface area contributed by atoms with Crippen LogP contribution >= 0.6 is 0 Å². The van der Waals surface area contributed by atoms with E-state index >= 15 is 0 Å². The number of pyridine rings is 1. The predicted octanol–water partition coefficient (Wildman–Crippen LogP) is 5.01. The summed E-state index contributed by atoms with van der Waals surface area (Å²) >= 11 is 0. The minimum absolute atomic E-state index is 0.237. The van der Waals surface area contributed by atoms with Crippen molar-refractivity contribution < 1.29 is 9.53 Å². The van der Waals surface area contributed by atoms with Gasteiger partial charge in [-0.2, -0.15) is 0 Å². The molecule has 0 fully saturated rings. The molecule has 0 saturated heterocycles. The van der Waals surface area contributed by atoms with Crippen molar-refractivity contribution in [2.24, 2.45) is 0 Å². The van der Waals surface area contributed by atoms with E-state index in [0.717, 1.165) is 33.9 Å². The first-order valence-corrected chi connectivity index (χ1v) is 8.72. The molecular weight excluding hydrogens is 338 g/mol. The number of benzene rings is 2. The molecule has 1 heterocycles. The number of amides is 1. The molecule has 0 atom stereocenters. The maximum absolute atomic E-state index is 12.7. The number of nitrogens with zero attached hydrogens (tertiary/aromatic N) is 1. The Balaban J connectivity index is 1.80. The van der Waals surface area contributed by atoms with Gasteiger partial charge in [0.25, 0.3) is 5.91 Å². The lowest BCUT2D eigenvalue weighted by molar-refractivity contribution is 0.102. The maximum atomic E-state index is 12.7. The van der Waals surface area contributed by atoms with Crippen molar-refractivity contribution in [3.63, 3.8) is 0 Å². The van der Waals surface area contributed by atoms with Gasteiger partial charge >= 0.3 is 0 Å². The fraction of sp³-hybridized carbons (Fsp3) is 0.182. The van der Waals surface area contributed by atoms with Gasteiger partial charge in [-0.15, -0.1) is 0 Å². The van der Waals surface area contributed by atoms with Gasteiger partial charge in [0.1, 0.15) is 11.4 Å². The lowest BCUT2D eigenvalue weighted by atomic mass is 10.0. The summed E-state index contributed by atoms with van der Waals surface area (Å²) in [5.74, 6) is 0.525. The lowest BCUT2D eigenvalue weighted by Crippen LogP contribution is -2.15. The monoisotopic (exact) mass is 361 g/mol. The van der Waals surface area contributed by atoms with E-state index in [1.807, 2.05) is 51.1 Å². The van der Waals surface area contributed by atoms with Crippen molar-refractivity contribution in [3.8, 4) is 5.75 Å². The Hall–Kier alpha value is -3.34. The number of methoxy groups -OCH3 is 1. The van der Waals surface area contributed by atoms with Crippen molar-refractivity contribution in [2.75, 3.05) is 17.7 Å². The number of hydrogen-bond donors (Lipinski definition) is 2. The molecule has 1 aromatic heterocycles. The Labute approximate surface area is 159 Å². The predicted molar refractivity (Wildman–Crippen MR) is 109 cm³/mol. The molecule has 1 amide bonds. The molecule has 0 aliphatic rings. The summed E-state index contributed by atoms with van der Waals surface area (Å²) in [5, 5.41) is 6.25. The molecular formula is C22H23N3O2. The van der Waals surface area contributed by atoms with Crippen molar-refractivity contribution in [1.29, 1.82) is 0 Å². The van der Waals surface area contributed by atoms with Gasteiger partial charge in [-0.1, -0.05) is 23.8 Å². The highest BCUT2D eigenvalue weighted by Crippen LogP contribution is 2.24. The van der Waals surface area contributed by atoms with E-state index in [9.17, 15) is 4.79 Å². The molecule has 5 heteroatoms. The molecule has 138 valence electrons. The first kappa shape index (κ1) is 18.5. The van der Waals surface area contributed by atoms with E-state index in [1.54, 1.807) is 19.4 Å². The molecule has 0 radical (unpaired) electrons. The number of aromatic nitrogens is 1. The Morgan fingerprint density at radius 2 is 1.67 bits per heavy atom. The number of rotatable bonds is 5. The van der Waals surface area contributed by atoms with Crippen LogP contribution in [0.4, 0.5) is 17.1 Å². The highest BCUT2D eigenvalue weighted by atomic mass is 16.5. The van der Waals surface area contributed by atoms with Crippen LogP contribution in [0.15, 0.2) is 54.7 Å². The topological polar surface area (TPSA) is 63.2 Å². The van der Waals surface area contributed by atoms with Gasteiger partial charge < -0.3 is 15.4 Å². The van der Waals surface area contributed by atoms with Gasteiger partial charge in [0.05, 0.1) is 7.11 Å². The zero-order valence-electron chi connectivity index (χ0n) is 16.0. The number of anilines is 3. The van der Waals surface area contributed by atoms with Crippen LogP contribution in [0.25, 0.3) is 0 Å². The number of carbonyl (C=O) groups is 1. The van der Waals surface area contributed by atoms with E-state index < -0.39 is 0 Å². The zero-order valence-corrected chi connectivity index (χ0v) is 16.0. The Morgan fingerprint density at radius 1 is 0.963 bits per heavy atom. The van der Waals surface area contributed by atoms with Gasteiger partial charge in [0, 0.05) is 29.3 Å². The van der Waals surface area contributed by atoms with E-state index in [2.05, 4.69) is 27.8 Å². The molecule has 27 heavy (non-hydrogen) atoms. The van der Waals surface area contributed by atoms with Crippen LogP contribution in [-0.4, -0.2) is 18.0 Å². The van der Waals surface area contributed by atoms with Crippen LogP contribution in [0.1, 0.15) is 27.2 Å². The molecule has 3 aromatic rings. The second-order valence-electron chi connectivity index (χ2n) is 6.51. The second kappa shape index (κ2) is 7.91. The largest absolute Gasteiger partial charge is 0.497 e. The van der Waals surface area contributed by atoms with E-state index in [1.165, 1.54) is 5.56 Å². The van der Waals surface area contributed by atoms with Gasteiger partial charge in [0.15, 0.2) is 0 Å². The molecule has 2 aromatic carbocycles. The smallest absolute Gasteiger partial charge is 0.274 e. The molecule has 5 nitrogen and oxygen atoms in total. The van der Waals surface area contributed by atoms with Crippen LogP contribution in [0.2, 0.25) is 0 Å². The number of hydrogen-bond acceptors (Lipinski definition) is 4. The molecule has 0 spiro atoms.